The number of aromatic amines is 1. The number of urea groups is 1. The Morgan fingerprint density at radius 1 is 1.16 bits per heavy atom. The minimum absolute atomic E-state index is 0.119. The van der Waals surface area contributed by atoms with Gasteiger partial charge in [-0.3, -0.25) is 14.5 Å². The van der Waals surface area contributed by atoms with E-state index in [1.54, 1.807) is 6.07 Å². The number of benzene rings is 2. The molecule has 1 aliphatic heterocycles. The number of hydrogen-bond donors (Lipinski definition) is 3. The van der Waals surface area contributed by atoms with Crippen LogP contribution in [0.1, 0.15) is 31.7 Å². The Kier molecular flexibility index (Phi) is 6.20. The Morgan fingerprint density at radius 2 is 1.94 bits per heavy atom. The molecule has 1 aromatic heterocycles. The Hall–Kier alpha value is -3.68. The van der Waals surface area contributed by atoms with Gasteiger partial charge in [-0.1, -0.05) is 44.2 Å². The summed E-state index contributed by atoms with van der Waals surface area (Å²) in [6.45, 7) is 4.54. The maximum Gasteiger partial charge on any atom is 0.324 e. The molecule has 0 radical (unpaired) electrons. The Bertz CT molecular complexity index is 1140. The molecule has 8 nitrogen and oxygen atoms in total. The number of amides is 4. The molecule has 2 heterocycles. The van der Waals surface area contributed by atoms with Gasteiger partial charge in [-0.05, 0) is 36.1 Å². The molecule has 3 aromatic rings. The van der Waals surface area contributed by atoms with Crippen LogP contribution in [-0.4, -0.2) is 45.3 Å². The number of nitrogens with zero attached hydrogens (tertiary/aromatic N) is 2. The van der Waals surface area contributed by atoms with Crippen molar-refractivity contribution in [1.29, 1.82) is 0 Å². The highest BCUT2D eigenvalue weighted by molar-refractivity contribution is 6.07. The van der Waals surface area contributed by atoms with Crippen molar-refractivity contribution in [2.24, 2.45) is 5.92 Å². The Labute approximate surface area is 186 Å². The second-order valence-electron chi connectivity index (χ2n) is 8.49. The Balaban J connectivity index is 1.34. The smallest absolute Gasteiger partial charge is 0.324 e. The molecule has 8 heteroatoms. The van der Waals surface area contributed by atoms with Crippen LogP contribution in [0.4, 0.5) is 10.5 Å². The van der Waals surface area contributed by atoms with Crippen LogP contribution in [0.15, 0.2) is 48.5 Å². The number of carbonyl (C=O) groups is 3. The van der Waals surface area contributed by atoms with Crippen LogP contribution in [-0.2, 0) is 22.4 Å². The molecule has 32 heavy (non-hydrogen) atoms. The predicted molar refractivity (Wildman–Crippen MR) is 122 cm³/mol. The first-order valence-corrected chi connectivity index (χ1v) is 10.8. The molecule has 0 aliphatic carbocycles. The van der Waals surface area contributed by atoms with E-state index < -0.39 is 12.1 Å². The molecule has 1 atom stereocenters. The van der Waals surface area contributed by atoms with Gasteiger partial charge in [0.05, 0.1) is 17.5 Å². The van der Waals surface area contributed by atoms with Crippen LogP contribution in [0.25, 0.3) is 11.0 Å². The third kappa shape index (κ3) is 4.96. The van der Waals surface area contributed by atoms with E-state index in [4.69, 9.17) is 0 Å². The molecule has 0 spiro atoms. The highest BCUT2D eigenvalue weighted by Crippen LogP contribution is 2.19. The lowest BCUT2D eigenvalue weighted by molar-refractivity contribution is -0.129. The van der Waals surface area contributed by atoms with Gasteiger partial charge in [-0.15, -0.1) is 0 Å². The van der Waals surface area contributed by atoms with Gasteiger partial charge >= 0.3 is 6.03 Å². The molecule has 0 saturated carbocycles. The fraction of sp³-hybridized carbons (Fsp3) is 0.333. The van der Waals surface area contributed by atoms with Crippen LogP contribution in [0, 0.1) is 5.92 Å². The van der Waals surface area contributed by atoms with Crippen molar-refractivity contribution < 1.29 is 14.4 Å². The lowest BCUT2D eigenvalue weighted by Gasteiger charge is -2.13. The molecule has 1 fully saturated rings. The van der Waals surface area contributed by atoms with E-state index in [0.29, 0.717) is 18.0 Å². The Morgan fingerprint density at radius 3 is 2.69 bits per heavy atom. The minimum atomic E-state index is -0.855. The highest BCUT2D eigenvalue weighted by atomic mass is 16.2. The van der Waals surface area contributed by atoms with E-state index >= 15 is 0 Å². The molecule has 1 saturated heterocycles. The monoisotopic (exact) mass is 433 g/mol. The average molecular weight is 434 g/mol. The third-order valence-corrected chi connectivity index (χ3v) is 5.38. The third-order valence-electron chi connectivity index (χ3n) is 5.38. The average Bonchev–Trinajstić information content (AvgIpc) is 3.26. The zero-order chi connectivity index (χ0) is 22.7. The lowest BCUT2D eigenvalue weighted by Crippen LogP contribution is -2.34. The number of imide groups is 1. The SMILES string of the molecule is CC(C)Cc1nc2ccc(NC(=O)C[C@H]3NC(=O)N(CCc4ccccc4)C3=O)cc2[nH]1. The van der Waals surface area contributed by atoms with E-state index in [9.17, 15) is 14.4 Å². The normalized spacial score (nSPS) is 16.1. The van der Waals surface area contributed by atoms with Crippen LogP contribution < -0.4 is 10.6 Å². The van der Waals surface area contributed by atoms with Gasteiger partial charge in [-0.2, -0.15) is 0 Å². The summed E-state index contributed by atoms with van der Waals surface area (Å²) in [4.78, 5) is 46.4. The zero-order valence-electron chi connectivity index (χ0n) is 18.2. The van der Waals surface area contributed by atoms with Gasteiger partial charge in [0.1, 0.15) is 11.9 Å². The number of imidazole rings is 1. The summed E-state index contributed by atoms with van der Waals surface area (Å²) in [5.74, 6) is 0.688. The van der Waals surface area contributed by atoms with Gasteiger partial charge in [0, 0.05) is 18.7 Å². The molecular formula is C24H27N5O3. The van der Waals surface area contributed by atoms with Crippen LogP contribution in [0.3, 0.4) is 0 Å². The van der Waals surface area contributed by atoms with Gasteiger partial charge < -0.3 is 15.6 Å². The number of fused-ring (bicyclic) bond motifs is 1. The summed E-state index contributed by atoms with van der Waals surface area (Å²) in [6, 6.07) is 13.8. The van der Waals surface area contributed by atoms with Crippen molar-refractivity contribution in [3.05, 3.63) is 59.9 Å². The molecule has 4 rings (SSSR count). The number of rotatable bonds is 8. The van der Waals surface area contributed by atoms with Crippen molar-refractivity contribution in [3.63, 3.8) is 0 Å². The molecule has 2 aromatic carbocycles. The van der Waals surface area contributed by atoms with E-state index in [1.165, 1.54) is 4.90 Å². The number of anilines is 1. The summed E-state index contributed by atoms with van der Waals surface area (Å²) < 4.78 is 0. The molecular weight excluding hydrogens is 406 g/mol. The summed E-state index contributed by atoms with van der Waals surface area (Å²) >= 11 is 0. The summed E-state index contributed by atoms with van der Waals surface area (Å²) in [5.41, 5.74) is 3.33. The van der Waals surface area contributed by atoms with Crippen LogP contribution in [0.2, 0.25) is 0 Å². The van der Waals surface area contributed by atoms with Crippen molar-refractivity contribution >= 4 is 34.6 Å². The van der Waals surface area contributed by atoms with Crippen molar-refractivity contribution in [2.75, 3.05) is 11.9 Å². The molecule has 1 aliphatic rings. The van der Waals surface area contributed by atoms with Crippen molar-refractivity contribution in [1.82, 2.24) is 20.2 Å². The maximum absolute atomic E-state index is 12.6. The number of nitrogens with one attached hydrogen (secondary N) is 3. The van der Waals surface area contributed by atoms with E-state index in [0.717, 1.165) is 28.8 Å². The van der Waals surface area contributed by atoms with E-state index in [1.807, 2.05) is 42.5 Å². The largest absolute Gasteiger partial charge is 0.342 e. The number of H-pyrrole nitrogens is 1. The predicted octanol–water partition coefficient (Wildman–Crippen LogP) is 3.25. The fourth-order valence-corrected chi connectivity index (χ4v) is 3.83. The fourth-order valence-electron chi connectivity index (χ4n) is 3.83. The van der Waals surface area contributed by atoms with Gasteiger partial charge in [0.15, 0.2) is 0 Å². The molecule has 166 valence electrons. The number of aromatic nitrogens is 2. The van der Waals surface area contributed by atoms with E-state index in [2.05, 4.69) is 34.4 Å². The first-order valence-electron chi connectivity index (χ1n) is 10.8. The second kappa shape index (κ2) is 9.21. The molecule has 0 unspecified atom stereocenters. The van der Waals surface area contributed by atoms with E-state index in [-0.39, 0.29) is 24.8 Å². The molecule has 4 amide bonds. The van der Waals surface area contributed by atoms with Gasteiger partial charge in [0.25, 0.3) is 5.91 Å². The topological polar surface area (TPSA) is 107 Å². The first kappa shape index (κ1) is 21.5. The standard InChI is InChI=1S/C24H27N5O3/c1-15(2)12-21-26-18-9-8-17(13-19(18)27-21)25-22(30)14-20-23(31)29(24(32)28-20)11-10-16-6-4-3-5-7-16/h3-9,13,15,20H,10-12,14H2,1-2H3,(H,25,30)(H,26,27)(H,28,32)/t20-/m1/s1. The summed E-state index contributed by atoms with van der Waals surface area (Å²) in [6.07, 6.45) is 1.30. The molecule has 0 bridgehead atoms. The van der Waals surface area contributed by atoms with Crippen molar-refractivity contribution in [2.45, 2.75) is 39.2 Å². The number of hydrogen-bond acceptors (Lipinski definition) is 4. The quantitative estimate of drug-likeness (QED) is 0.474. The second-order valence-corrected chi connectivity index (χ2v) is 8.49. The summed E-state index contributed by atoms with van der Waals surface area (Å²) in [5, 5.41) is 5.43. The lowest BCUT2D eigenvalue weighted by atomic mass is 10.1. The van der Waals surface area contributed by atoms with Crippen molar-refractivity contribution in [3.8, 4) is 0 Å². The molecule has 3 N–H and O–H groups in total. The first-order chi connectivity index (χ1) is 15.4. The zero-order valence-corrected chi connectivity index (χ0v) is 18.2. The van der Waals surface area contributed by atoms with Crippen LogP contribution in [0.5, 0.6) is 0 Å². The van der Waals surface area contributed by atoms with Gasteiger partial charge in [0.2, 0.25) is 5.91 Å². The number of carbonyl (C=O) groups excluding carboxylic acids is 3. The maximum atomic E-state index is 12.6. The highest BCUT2D eigenvalue weighted by Gasteiger charge is 2.38. The minimum Gasteiger partial charge on any atom is -0.342 e. The van der Waals surface area contributed by atoms with Gasteiger partial charge in [-0.25, -0.2) is 9.78 Å². The van der Waals surface area contributed by atoms with Crippen LogP contribution >= 0.6 is 0 Å². The summed E-state index contributed by atoms with van der Waals surface area (Å²) in [7, 11) is 0.